The molecule has 1 aliphatic carbocycles. The average molecular weight is 656 g/mol. The number of nitrogens with two attached hydrogens (primary N) is 2. The number of carboxylic acids is 3. The molecule has 0 aromatic heterocycles. The Balaban J connectivity index is -0.000000492. The zero-order chi connectivity index (χ0) is 24.6. The predicted octanol–water partition coefficient (Wildman–Crippen LogP) is 4.92. The van der Waals surface area contributed by atoms with Crippen molar-refractivity contribution < 1.29 is 50.8 Å². The first-order valence-electron chi connectivity index (χ1n) is 12.4. The Labute approximate surface area is 214 Å². The van der Waals surface area contributed by atoms with Crippen LogP contribution in [0.1, 0.15) is 122 Å². The van der Waals surface area contributed by atoms with Crippen molar-refractivity contribution in [2.45, 2.75) is 135 Å². The van der Waals surface area contributed by atoms with Gasteiger partial charge in [0.1, 0.15) is 0 Å². The molecule has 0 saturated heterocycles. The Bertz CT molecular complexity index is 458. The molecule has 1 saturated carbocycles. The number of hydrogen-bond acceptors (Lipinski definition) is 5. The van der Waals surface area contributed by atoms with Crippen LogP contribution in [0.3, 0.4) is 0 Å². The molecule has 0 aliphatic heterocycles. The van der Waals surface area contributed by atoms with E-state index in [-0.39, 0.29) is 33.1 Å². The van der Waals surface area contributed by atoms with Crippen LogP contribution in [0.4, 0.5) is 0 Å². The molecule has 9 heteroatoms. The molecule has 8 nitrogen and oxygen atoms in total. The Hall–Kier alpha value is -0.982. The Morgan fingerprint density at radius 3 is 1.18 bits per heavy atom. The van der Waals surface area contributed by atoms with Gasteiger partial charge in [0.05, 0.1) is 0 Å². The maximum atomic E-state index is 10.3. The number of carboxylic acid groups (broad SMARTS) is 3. The maximum absolute atomic E-state index is 10.3. The summed E-state index contributed by atoms with van der Waals surface area (Å²) in [5.41, 5.74) is 11.3. The quantitative estimate of drug-likeness (QED) is 0.130. The van der Waals surface area contributed by atoms with Crippen LogP contribution in [0.15, 0.2) is 0 Å². The van der Waals surface area contributed by atoms with Gasteiger partial charge in [-0.1, -0.05) is 96.8 Å². The predicted molar refractivity (Wildman–Crippen MR) is 128 cm³/mol. The summed E-state index contributed by atoms with van der Waals surface area (Å²) in [5, 5.41) is 23.3. The van der Waals surface area contributed by atoms with E-state index in [1.54, 1.807) is 0 Å². The summed E-state index contributed by atoms with van der Waals surface area (Å²) in [6, 6.07) is 0.562. The van der Waals surface area contributed by atoms with Crippen LogP contribution in [0.25, 0.3) is 0 Å². The SMILES string of the molecule is CCCCCCCCCCCCCCCC(=O)O.N[C@@H]1CCCC[C@H]1N.O=C(O)C(=O)O.[Pt]. The summed E-state index contributed by atoms with van der Waals surface area (Å²) in [6.07, 6.45) is 22.1. The first-order valence-corrected chi connectivity index (χ1v) is 12.4. The van der Waals surface area contributed by atoms with Crippen LogP contribution in [0, 0.1) is 0 Å². The minimum Gasteiger partial charge on any atom is -0.481 e. The van der Waals surface area contributed by atoms with Gasteiger partial charge in [-0.25, -0.2) is 9.59 Å². The van der Waals surface area contributed by atoms with Crippen molar-refractivity contribution in [2.24, 2.45) is 11.5 Å². The van der Waals surface area contributed by atoms with E-state index in [9.17, 15) is 4.79 Å². The molecule has 2 atom stereocenters. The van der Waals surface area contributed by atoms with Crippen LogP contribution < -0.4 is 11.5 Å². The molecule has 7 N–H and O–H groups in total. The fourth-order valence-corrected chi connectivity index (χ4v) is 3.48. The number of unbranched alkanes of at least 4 members (excludes halogenated alkanes) is 12. The summed E-state index contributed by atoms with van der Waals surface area (Å²) in [5.74, 6) is -4.30. The molecule has 0 unspecified atom stereocenters. The van der Waals surface area contributed by atoms with Crippen molar-refractivity contribution in [3.63, 3.8) is 0 Å². The van der Waals surface area contributed by atoms with E-state index in [1.807, 2.05) is 0 Å². The minimum absolute atomic E-state index is 0. The van der Waals surface area contributed by atoms with E-state index in [1.165, 1.54) is 83.5 Å². The van der Waals surface area contributed by atoms with Crippen molar-refractivity contribution in [3.05, 3.63) is 0 Å². The van der Waals surface area contributed by atoms with E-state index in [0.29, 0.717) is 6.42 Å². The van der Waals surface area contributed by atoms with E-state index >= 15 is 0 Å². The molecule has 0 aromatic carbocycles. The van der Waals surface area contributed by atoms with Gasteiger partial charge in [-0.3, -0.25) is 4.79 Å². The van der Waals surface area contributed by atoms with Crippen molar-refractivity contribution in [1.82, 2.24) is 0 Å². The van der Waals surface area contributed by atoms with E-state index < -0.39 is 17.9 Å². The molecule has 33 heavy (non-hydrogen) atoms. The zero-order valence-electron chi connectivity index (χ0n) is 20.4. The minimum atomic E-state index is -1.82. The summed E-state index contributed by atoms with van der Waals surface area (Å²) < 4.78 is 0. The van der Waals surface area contributed by atoms with Gasteiger partial charge >= 0.3 is 17.9 Å². The van der Waals surface area contributed by atoms with Crippen LogP contribution in [0.5, 0.6) is 0 Å². The molecule has 0 radical (unpaired) electrons. The van der Waals surface area contributed by atoms with Gasteiger partial charge in [0.15, 0.2) is 0 Å². The maximum Gasteiger partial charge on any atom is 0.414 e. The molecule has 1 fully saturated rings. The summed E-state index contributed by atoms with van der Waals surface area (Å²) >= 11 is 0. The number of rotatable bonds is 14. The van der Waals surface area contributed by atoms with Gasteiger partial charge in [-0.05, 0) is 19.3 Å². The Morgan fingerprint density at radius 2 is 0.939 bits per heavy atom. The zero-order valence-corrected chi connectivity index (χ0v) is 22.7. The topological polar surface area (TPSA) is 164 Å². The van der Waals surface area contributed by atoms with Crippen molar-refractivity contribution in [2.75, 3.05) is 0 Å². The van der Waals surface area contributed by atoms with Crippen molar-refractivity contribution in [1.29, 1.82) is 0 Å². The first kappa shape index (κ1) is 36.6. The first-order chi connectivity index (χ1) is 15.2. The third kappa shape index (κ3) is 31.0. The molecular formula is C24H48N2O6Pt. The number of hydrogen-bond donors (Lipinski definition) is 5. The van der Waals surface area contributed by atoms with Gasteiger partial charge < -0.3 is 26.8 Å². The van der Waals surface area contributed by atoms with E-state index in [4.69, 9.17) is 36.4 Å². The summed E-state index contributed by atoms with van der Waals surface area (Å²) in [6.45, 7) is 2.26. The average Bonchev–Trinajstić information content (AvgIpc) is 2.74. The normalized spacial score (nSPS) is 16.8. The van der Waals surface area contributed by atoms with Crippen molar-refractivity contribution in [3.8, 4) is 0 Å². The molecule has 1 aliphatic rings. The number of aliphatic carboxylic acids is 3. The van der Waals surface area contributed by atoms with Gasteiger partial charge in [0, 0.05) is 39.6 Å². The van der Waals surface area contributed by atoms with Gasteiger partial charge in [0.25, 0.3) is 0 Å². The van der Waals surface area contributed by atoms with Crippen LogP contribution in [-0.4, -0.2) is 45.3 Å². The molecule has 0 spiro atoms. The third-order valence-electron chi connectivity index (χ3n) is 5.55. The monoisotopic (exact) mass is 655 g/mol. The van der Waals surface area contributed by atoms with E-state index in [0.717, 1.165) is 25.7 Å². The Morgan fingerprint density at radius 1 is 0.636 bits per heavy atom. The fraction of sp³-hybridized carbons (Fsp3) is 0.875. The molecular weight excluding hydrogens is 607 g/mol. The second kappa shape index (κ2) is 27.3. The molecule has 0 heterocycles. The summed E-state index contributed by atoms with van der Waals surface area (Å²) in [4.78, 5) is 28.5. The van der Waals surface area contributed by atoms with Crippen LogP contribution >= 0.6 is 0 Å². The van der Waals surface area contributed by atoms with Crippen LogP contribution in [-0.2, 0) is 35.4 Å². The molecule has 0 aromatic rings. The molecule has 1 rings (SSSR count). The third-order valence-corrected chi connectivity index (χ3v) is 5.55. The Kier molecular flexibility index (Phi) is 30.2. The summed E-state index contributed by atoms with van der Waals surface area (Å²) in [7, 11) is 0. The largest absolute Gasteiger partial charge is 0.481 e. The smallest absolute Gasteiger partial charge is 0.414 e. The second-order valence-electron chi connectivity index (χ2n) is 8.61. The van der Waals surface area contributed by atoms with Crippen molar-refractivity contribution >= 4 is 17.9 Å². The number of carbonyl (C=O) groups is 3. The van der Waals surface area contributed by atoms with Crippen LogP contribution in [0.2, 0.25) is 0 Å². The van der Waals surface area contributed by atoms with Gasteiger partial charge in [-0.2, -0.15) is 0 Å². The molecule has 200 valence electrons. The molecule has 0 amide bonds. The standard InChI is InChI=1S/C16H32O2.C6H14N2.C2H2O4.Pt/c1-2-3-4-5-6-7-8-9-10-11-12-13-14-15-16(17)18;7-5-3-1-2-4-6(5)8;3-1(4)2(5)6;/h2-15H2,1H3,(H,17,18);5-6H,1-4,7-8H2;(H,3,4)(H,5,6);/t;5-,6-;;/m.1../s1. The second-order valence-corrected chi connectivity index (χ2v) is 8.61. The fourth-order valence-electron chi connectivity index (χ4n) is 3.48. The van der Waals surface area contributed by atoms with Gasteiger partial charge in [0.2, 0.25) is 0 Å². The molecule has 0 bridgehead atoms. The van der Waals surface area contributed by atoms with Gasteiger partial charge in [-0.15, -0.1) is 0 Å². The van der Waals surface area contributed by atoms with E-state index in [2.05, 4.69) is 6.92 Å².